The molecule has 104 valence electrons. The molecule has 0 spiro atoms. The molecule has 1 aromatic carbocycles. The van der Waals surface area contributed by atoms with E-state index in [9.17, 15) is 19.2 Å². The van der Waals surface area contributed by atoms with E-state index in [1.54, 1.807) is 24.3 Å². The van der Waals surface area contributed by atoms with Gasteiger partial charge >= 0.3 is 24.4 Å². The van der Waals surface area contributed by atoms with Crippen LogP contribution < -0.4 is 0 Å². The average Bonchev–Trinajstić information content (AvgIpc) is 2.76. The Morgan fingerprint density at radius 2 is 2.00 bits per heavy atom. The van der Waals surface area contributed by atoms with E-state index in [4.69, 9.17) is 0 Å². The Balaban J connectivity index is 1.96. The molecule has 0 radical (unpaired) electrons. The van der Waals surface area contributed by atoms with Gasteiger partial charge in [-0.25, -0.2) is 0 Å². The van der Waals surface area contributed by atoms with Crippen LogP contribution in [-0.2, 0) is 35.1 Å². The van der Waals surface area contributed by atoms with Crippen LogP contribution in [0.2, 0.25) is 0 Å². The minimum absolute atomic E-state index is 0.0594. The lowest BCUT2D eigenvalue weighted by molar-refractivity contribution is -0.153. The summed E-state index contributed by atoms with van der Waals surface area (Å²) in [5.74, 6) is -2.18. The van der Waals surface area contributed by atoms with Gasteiger partial charge in [-0.1, -0.05) is 24.3 Å². The van der Waals surface area contributed by atoms with Gasteiger partial charge in [-0.05, 0) is 17.5 Å². The van der Waals surface area contributed by atoms with Crippen LogP contribution in [0.5, 0.6) is 0 Å². The van der Waals surface area contributed by atoms with Crippen molar-refractivity contribution in [3.8, 4) is 0 Å². The van der Waals surface area contributed by atoms with Crippen LogP contribution in [0, 0.1) is 0 Å². The highest BCUT2D eigenvalue weighted by Gasteiger charge is 2.34. The number of aryl methyl sites for hydroxylation is 1. The predicted molar refractivity (Wildman–Crippen MR) is 65.4 cm³/mol. The maximum atomic E-state index is 11.4. The fraction of sp³-hybridized carbons (Fsp3) is 0.286. The molecule has 1 atom stereocenters. The molecule has 1 aliphatic heterocycles. The summed E-state index contributed by atoms with van der Waals surface area (Å²) in [6.45, 7) is 0.105. The van der Waals surface area contributed by atoms with Crippen molar-refractivity contribution < 1.29 is 28.7 Å². The van der Waals surface area contributed by atoms with Gasteiger partial charge in [0.25, 0.3) is 0 Å². The Hall–Kier alpha value is -2.50. The van der Waals surface area contributed by atoms with Gasteiger partial charge in [0.05, 0.1) is 18.8 Å². The molecule has 0 saturated carbocycles. The molecular weight excluding hydrogens is 264 g/mol. The molecule has 6 nitrogen and oxygen atoms in total. The SMILES string of the molecule is O=COC(=O)CCc1ccc(C2CC(=O)OC2=O)cc1. The Bertz CT molecular complexity index is 545. The van der Waals surface area contributed by atoms with E-state index in [-0.39, 0.29) is 19.3 Å². The minimum atomic E-state index is -0.589. The fourth-order valence-electron chi connectivity index (χ4n) is 2.00. The molecule has 0 bridgehead atoms. The Labute approximate surface area is 114 Å². The van der Waals surface area contributed by atoms with Gasteiger partial charge in [0.15, 0.2) is 0 Å². The van der Waals surface area contributed by atoms with E-state index in [1.807, 2.05) is 0 Å². The maximum Gasteiger partial charge on any atom is 0.321 e. The molecule has 0 amide bonds. The van der Waals surface area contributed by atoms with Gasteiger partial charge < -0.3 is 9.47 Å². The number of carbonyl (C=O) groups excluding carboxylic acids is 4. The van der Waals surface area contributed by atoms with E-state index >= 15 is 0 Å². The number of hydrogen-bond donors (Lipinski definition) is 0. The molecule has 1 saturated heterocycles. The fourth-order valence-corrected chi connectivity index (χ4v) is 2.00. The minimum Gasteiger partial charge on any atom is -0.395 e. The summed E-state index contributed by atoms with van der Waals surface area (Å²) in [5.41, 5.74) is 1.58. The smallest absolute Gasteiger partial charge is 0.321 e. The molecule has 0 aliphatic carbocycles. The largest absolute Gasteiger partial charge is 0.395 e. The molecule has 0 aromatic heterocycles. The Kier molecular flexibility index (Phi) is 4.24. The number of hydrogen-bond acceptors (Lipinski definition) is 6. The second-order valence-electron chi connectivity index (χ2n) is 4.38. The van der Waals surface area contributed by atoms with Crippen molar-refractivity contribution in [2.24, 2.45) is 0 Å². The second-order valence-corrected chi connectivity index (χ2v) is 4.38. The first-order valence-electron chi connectivity index (χ1n) is 6.06. The highest BCUT2D eigenvalue weighted by atomic mass is 16.6. The number of carbonyl (C=O) groups is 4. The zero-order valence-corrected chi connectivity index (χ0v) is 10.5. The van der Waals surface area contributed by atoms with Crippen molar-refractivity contribution in [2.45, 2.75) is 25.2 Å². The van der Waals surface area contributed by atoms with Crippen molar-refractivity contribution in [1.29, 1.82) is 0 Å². The lowest BCUT2D eigenvalue weighted by atomic mass is 9.96. The van der Waals surface area contributed by atoms with Gasteiger partial charge in [0.2, 0.25) is 0 Å². The van der Waals surface area contributed by atoms with Crippen LogP contribution >= 0.6 is 0 Å². The van der Waals surface area contributed by atoms with Crippen LogP contribution in [0.1, 0.15) is 29.9 Å². The lowest BCUT2D eigenvalue weighted by Crippen LogP contribution is -2.06. The van der Waals surface area contributed by atoms with Gasteiger partial charge in [-0.2, -0.15) is 0 Å². The number of benzene rings is 1. The summed E-state index contributed by atoms with van der Waals surface area (Å²) < 4.78 is 8.67. The van der Waals surface area contributed by atoms with Crippen molar-refractivity contribution in [1.82, 2.24) is 0 Å². The quantitative estimate of drug-likeness (QED) is 0.450. The number of cyclic esters (lactones) is 2. The zero-order chi connectivity index (χ0) is 14.5. The Morgan fingerprint density at radius 1 is 1.30 bits per heavy atom. The van der Waals surface area contributed by atoms with E-state index in [2.05, 4.69) is 9.47 Å². The standard InChI is InChI=1S/C14H12O6/c15-8-19-12(16)6-3-9-1-4-10(5-2-9)11-7-13(17)20-14(11)18/h1-2,4-5,8,11H,3,6-7H2. The van der Waals surface area contributed by atoms with Gasteiger partial charge in [0.1, 0.15) is 0 Å². The predicted octanol–water partition coefficient (Wildman–Crippen LogP) is 0.876. The van der Waals surface area contributed by atoms with Gasteiger partial charge in [-0.15, -0.1) is 0 Å². The third-order valence-electron chi connectivity index (χ3n) is 3.05. The highest BCUT2D eigenvalue weighted by molar-refractivity contribution is 5.97. The van der Waals surface area contributed by atoms with Crippen molar-refractivity contribution in [2.75, 3.05) is 0 Å². The highest BCUT2D eigenvalue weighted by Crippen LogP contribution is 2.27. The molecule has 6 heteroatoms. The van der Waals surface area contributed by atoms with E-state index in [0.717, 1.165) is 5.56 Å². The zero-order valence-electron chi connectivity index (χ0n) is 10.5. The first-order valence-corrected chi connectivity index (χ1v) is 6.06. The van der Waals surface area contributed by atoms with Crippen molar-refractivity contribution in [3.63, 3.8) is 0 Å². The summed E-state index contributed by atoms with van der Waals surface area (Å²) in [7, 11) is 0. The summed E-state index contributed by atoms with van der Waals surface area (Å²) in [6, 6.07) is 6.98. The summed E-state index contributed by atoms with van der Waals surface area (Å²) in [5, 5.41) is 0. The third kappa shape index (κ3) is 3.28. The summed E-state index contributed by atoms with van der Waals surface area (Å²) in [6.07, 6.45) is 0.590. The number of rotatable bonds is 5. The van der Waals surface area contributed by atoms with E-state index in [0.29, 0.717) is 12.0 Å². The first kappa shape index (κ1) is 13.9. The molecule has 2 rings (SSSR count). The number of esters is 3. The molecule has 20 heavy (non-hydrogen) atoms. The molecule has 1 fully saturated rings. The number of ether oxygens (including phenoxy) is 2. The lowest BCUT2D eigenvalue weighted by Gasteiger charge is -2.06. The van der Waals surface area contributed by atoms with Crippen molar-refractivity contribution >= 4 is 24.4 Å². The summed E-state index contributed by atoms with van der Waals surface area (Å²) in [4.78, 5) is 43.4. The summed E-state index contributed by atoms with van der Waals surface area (Å²) >= 11 is 0. The normalized spacial score (nSPS) is 17.7. The second kappa shape index (κ2) is 6.10. The van der Waals surface area contributed by atoms with Crippen LogP contribution in [0.15, 0.2) is 24.3 Å². The average molecular weight is 276 g/mol. The molecule has 1 aromatic rings. The molecule has 0 N–H and O–H groups in total. The third-order valence-corrected chi connectivity index (χ3v) is 3.05. The monoisotopic (exact) mass is 276 g/mol. The van der Waals surface area contributed by atoms with E-state index in [1.165, 1.54) is 0 Å². The van der Waals surface area contributed by atoms with Crippen LogP contribution in [0.25, 0.3) is 0 Å². The molecule has 1 aliphatic rings. The topological polar surface area (TPSA) is 86.7 Å². The maximum absolute atomic E-state index is 11.4. The molecule has 1 unspecified atom stereocenters. The first-order chi connectivity index (χ1) is 9.60. The van der Waals surface area contributed by atoms with Crippen LogP contribution in [0.4, 0.5) is 0 Å². The van der Waals surface area contributed by atoms with Crippen LogP contribution in [0.3, 0.4) is 0 Å². The molecular formula is C14H12O6. The van der Waals surface area contributed by atoms with Gasteiger partial charge in [0, 0.05) is 0 Å². The van der Waals surface area contributed by atoms with Gasteiger partial charge in [-0.3, -0.25) is 19.2 Å². The van der Waals surface area contributed by atoms with Crippen LogP contribution in [-0.4, -0.2) is 24.4 Å². The Morgan fingerprint density at radius 3 is 2.55 bits per heavy atom. The molecule has 1 heterocycles. The van der Waals surface area contributed by atoms with E-state index < -0.39 is 23.8 Å². The van der Waals surface area contributed by atoms with Crippen molar-refractivity contribution in [3.05, 3.63) is 35.4 Å².